The number of amides is 1. The number of aryl methyl sites for hydroxylation is 1. The van der Waals surface area contributed by atoms with Gasteiger partial charge in [-0.2, -0.15) is 26.3 Å². The lowest BCUT2D eigenvalue weighted by Crippen LogP contribution is -2.41. The van der Waals surface area contributed by atoms with E-state index in [1.54, 1.807) is 6.07 Å². The zero-order valence-corrected chi connectivity index (χ0v) is 19.1. The molecule has 35 heavy (non-hydrogen) atoms. The maximum absolute atomic E-state index is 13.1. The second kappa shape index (κ2) is 9.58. The van der Waals surface area contributed by atoms with Gasteiger partial charge in [0.05, 0.1) is 11.3 Å². The summed E-state index contributed by atoms with van der Waals surface area (Å²) in [6.07, 6.45) is -5.97. The van der Waals surface area contributed by atoms with Crippen molar-refractivity contribution in [2.45, 2.75) is 63.0 Å². The molecule has 1 saturated carbocycles. The molecule has 2 aromatic rings. The van der Waals surface area contributed by atoms with Crippen LogP contribution in [0.1, 0.15) is 59.4 Å². The van der Waals surface area contributed by atoms with Crippen LogP contribution in [0, 0.1) is 0 Å². The zero-order chi connectivity index (χ0) is 25.4. The number of nitrogens with one attached hydrogen (secondary N) is 2. The van der Waals surface area contributed by atoms with Crippen molar-refractivity contribution in [3.63, 3.8) is 0 Å². The van der Waals surface area contributed by atoms with Crippen LogP contribution in [-0.4, -0.2) is 36.6 Å². The Balaban J connectivity index is 1.39. The number of carbonyl (C=O) groups is 1. The Morgan fingerprint density at radius 1 is 0.971 bits per heavy atom. The van der Waals surface area contributed by atoms with Crippen LogP contribution in [0.2, 0.25) is 0 Å². The number of fused-ring (bicyclic) bond motifs is 1. The second-order valence-electron chi connectivity index (χ2n) is 9.13. The molecule has 4 rings (SSSR count). The third-order valence-corrected chi connectivity index (χ3v) is 6.52. The van der Waals surface area contributed by atoms with Gasteiger partial charge >= 0.3 is 12.4 Å². The Kier molecular flexibility index (Phi) is 6.88. The van der Waals surface area contributed by atoms with Gasteiger partial charge in [-0.1, -0.05) is 12.1 Å². The number of hydrogen-bond donors (Lipinski definition) is 2. The van der Waals surface area contributed by atoms with Crippen molar-refractivity contribution in [1.29, 1.82) is 0 Å². The van der Waals surface area contributed by atoms with Crippen LogP contribution in [0.5, 0.6) is 0 Å². The monoisotopic (exact) mass is 500 g/mol. The molecule has 2 N–H and O–H groups in total. The number of aromatic nitrogens is 1. The topological polar surface area (TPSA) is 57.3 Å². The molecule has 0 unspecified atom stereocenters. The number of anilines is 2. The Morgan fingerprint density at radius 3 is 2.17 bits per heavy atom. The minimum atomic E-state index is -5.00. The van der Waals surface area contributed by atoms with Gasteiger partial charge in [0.2, 0.25) is 0 Å². The van der Waals surface area contributed by atoms with E-state index in [1.165, 1.54) is 0 Å². The van der Waals surface area contributed by atoms with Crippen LogP contribution in [-0.2, 0) is 18.8 Å². The highest BCUT2D eigenvalue weighted by Crippen LogP contribution is 2.36. The number of alkyl halides is 6. The van der Waals surface area contributed by atoms with Crippen LogP contribution in [0.25, 0.3) is 0 Å². The summed E-state index contributed by atoms with van der Waals surface area (Å²) in [5.41, 5.74) is -0.774. The van der Waals surface area contributed by atoms with E-state index in [-0.39, 0.29) is 23.7 Å². The maximum Gasteiger partial charge on any atom is 0.433 e. The van der Waals surface area contributed by atoms with E-state index in [0.717, 1.165) is 30.6 Å². The van der Waals surface area contributed by atoms with Gasteiger partial charge in [-0.3, -0.25) is 4.79 Å². The molecule has 1 aromatic carbocycles. The first-order valence-electron chi connectivity index (χ1n) is 11.5. The van der Waals surface area contributed by atoms with Crippen LogP contribution >= 0.6 is 0 Å². The van der Waals surface area contributed by atoms with Crippen molar-refractivity contribution in [1.82, 2.24) is 10.3 Å². The second-order valence-corrected chi connectivity index (χ2v) is 9.13. The summed E-state index contributed by atoms with van der Waals surface area (Å²) in [5.74, 6) is -0.175. The molecule has 190 valence electrons. The Morgan fingerprint density at radius 2 is 1.57 bits per heavy atom. The number of carbonyl (C=O) groups excluding carboxylic acids is 1. The Labute approximate surface area is 198 Å². The first-order chi connectivity index (χ1) is 16.4. The highest BCUT2D eigenvalue weighted by Gasteiger charge is 2.39. The first-order valence-corrected chi connectivity index (χ1v) is 11.5. The average molecular weight is 500 g/mol. The van der Waals surface area contributed by atoms with E-state index >= 15 is 0 Å². The van der Waals surface area contributed by atoms with E-state index in [0.29, 0.717) is 43.4 Å². The lowest BCUT2D eigenvalue weighted by molar-refractivity contribution is -0.150. The molecule has 1 amide bonds. The van der Waals surface area contributed by atoms with Crippen molar-refractivity contribution >= 4 is 17.3 Å². The Hall–Kier alpha value is -2.98. The van der Waals surface area contributed by atoms with Crippen molar-refractivity contribution in [3.05, 3.63) is 52.8 Å². The lowest BCUT2D eigenvalue weighted by Gasteiger charge is -2.32. The molecule has 0 radical (unpaired) electrons. The molecular weight excluding hydrogens is 474 g/mol. The van der Waals surface area contributed by atoms with E-state index in [9.17, 15) is 31.1 Å². The SMILES string of the molecule is CN1CCCc2cccc(C(=O)NC3CCC(Nc4cc(C(F)(F)F)nc(C(F)(F)F)c4)CC3)c21. The van der Waals surface area contributed by atoms with Gasteiger partial charge in [0.25, 0.3) is 5.91 Å². The highest BCUT2D eigenvalue weighted by molar-refractivity contribution is 6.00. The standard InChI is InChI=1S/C24H26F6N4O/c1-34-11-3-5-14-4-2-6-18(21(14)34)22(35)32-16-9-7-15(8-10-16)31-17-12-19(23(25,26)27)33-20(13-17)24(28,29)30/h2,4,6,12-13,15-16H,3,5,7-11H2,1H3,(H,31,33)(H,32,35). The normalized spacial score (nSPS) is 20.8. The fourth-order valence-corrected chi connectivity index (χ4v) is 4.83. The number of benzene rings is 1. The third-order valence-electron chi connectivity index (χ3n) is 6.52. The molecule has 2 heterocycles. The van der Waals surface area contributed by atoms with E-state index in [2.05, 4.69) is 20.5 Å². The molecule has 0 spiro atoms. The number of rotatable bonds is 4. The van der Waals surface area contributed by atoms with Gasteiger partial charge in [0, 0.05) is 31.4 Å². The van der Waals surface area contributed by atoms with Gasteiger partial charge in [-0.05, 0) is 62.3 Å². The molecule has 5 nitrogen and oxygen atoms in total. The van der Waals surface area contributed by atoms with Gasteiger partial charge in [-0.15, -0.1) is 0 Å². The number of nitrogens with zero attached hydrogens (tertiary/aromatic N) is 2. The summed E-state index contributed by atoms with van der Waals surface area (Å²) in [6.45, 7) is 0.870. The van der Waals surface area contributed by atoms with E-state index in [1.807, 2.05) is 19.2 Å². The predicted molar refractivity (Wildman–Crippen MR) is 119 cm³/mol. The fourth-order valence-electron chi connectivity index (χ4n) is 4.83. The summed E-state index contributed by atoms with van der Waals surface area (Å²) in [5, 5.41) is 5.85. The molecule has 11 heteroatoms. The summed E-state index contributed by atoms with van der Waals surface area (Å²) in [7, 11) is 1.96. The summed E-state index contributed by atoms with van der Waals surface area (Å²) >= 11 is 0. The largest absolute Gasteiger partial charge is 0.433 e. The Bertz CT molecular complexity index is 1040. The van der Waals surface area contributed by atoms with Gasteiger partial charge in [-0.25, -0.2) is 4.98 Å². The van der Waals surface area contributed by atoms with E-state index < -0.39 is 23.7 Å². The molecule has 0 bridgehead atoms. The minimum absolute atomic E-state index is 0.126. The van der Waals surface area contributed by atoms with Gasteiger partial charge < -0.3 is 15.5 Å². The summed E-state index contributed by atoms with van der Waals surface area (Å²) in [6, 6.07) is 6.43. The molecular formula is C24H26F6N4O. The summed E-state index contributed by atoms with van der Waals surface area (Å²) in [4.78, 5) is 17.8. The maximum atomic E-state index is 13.1. The van der Waals surface area contributed by atoms with Crippen LogP contribution in [0.4, 0.5) is 37.7 Å². The third kappa shape index (κ3) is 5.82. The molecule has 1 aliphatic heterocycles. The lowest BCUT2D eigenvalue weighted by atomic mass is 9.90. The number of para-hydroxylation sites is 1. The first kappa shape index (κ1) is 25.1. The van der Waals surface area contributed by atoms with Gasteiger partial charge in [0.1, 0.15) is 11.4 Å². The average Bonchev–Trinajstić information content (AvgIpc) is 2.79. The molecule has 0 saturated heterocycles. The number of halogens is 6. The van der Waals surface area contributed by atoms with Crippen LogP contribution in [0.15, 0.2) is 30.3 Å². The minimum Gasteiger partial charge on any atom is -0.382 e. The fraction of sp³-hybridized carbons (Fsp3) is 0.500. The molecule has 2 aliphatic rings. The quantitative estimate of drug-likeness (QED) is 0.533. The van der Waals surface area contributed by atoms with Crippen LogP contribution in [0.3, 0.4) is 0 Å². The summed E-state index contributed by atoms with van der Waals surface area (Å²) < 4.78 is 78.3. The van der Waals surface area contributed by atoms with Gasteiger partial charge in [0.15, 0.2) is 0 Å². The van der Waals surface area contributed by atoms with Crippen molar-refractivity contribution in [2.75, 3.05) is 23.8 Å². The molecule has 0 atom stereocenters. The van der Waals surface area contributed by atoms with Crippen molar-refractivity contribution in [2.24, 2.45) is 0 Å². The van der Waals surface area contributed by atoms with Crippen LogP contribution < -0.4 is 15.5 Å². The molecule has 1 aliphatic carbocycles. The smallest absolute Gasteiger partial charge is 0.382 e. The van der Waals surface area contributed by atoms with E-state index in [4.69, 9.17) is 0 Å². The van der Waals surface area contributed by atoms with Crippen molar-refractivity contribution < 1.29 is 31.1 Å². The predicted octanol–water partition coefficient (Wildman–Crippen LogP) is 5.65. The number of pyridine rings is 1. The zero-order valence-electron chi connectivity index (χ0n) is 19.1. The highest BCUT2D eigenvalue weighted by atomic mass is 19.4. The molecule has 1 aromatic heterocycles. The van der Waals surface area contributed by atoms with Crippen molar-refractivity contribution in [3.8, 4) is 0 Å². The number of hydrogen-bond acceptors (Lipinski definition) is 4. The molecule has 1 fully saturated rings.